The topological polar surface area (TPSA) is 80.6 Å². The SMILES string of the molecule is CC(=O)N1CCN(C2C=C(c3ccc(F)cc3)N(O)C(Cc3cc(C(F)(F)F)cc(C(F)(F)F)c3)C3CNCN=C3O2)CC1. The predicted molar refractivity (Wildman–Crippen MR) is 144 cm³/mol. The number of fused-ring (bicyclic) bond motifs is 1. The number of nitrogens with zero attached hydrogens (tertiary/aromatic N) is 4. The van der Waals surface area contributed by atoms with Gasteiger partial charge in [0.15, 0.2) is 12.1 Å². The third-order valence-electron chi connectivity index (χ3n) is 7.95. The van der Waals surface area contributed by atoms with Gasteiger partial charge in [-0.3, -0.25) is 25.3 Å². The van der Waals surface area contributed by atoms with Crippen LogP contribution in [0.5, 0.6) is 0 Å². The molecule has 2 aromatic carbocycles. The predicted octanol–water partition coefficient (Wildman–Crippen LogP) is 4.60. The second-order valence-electron chi connectivity index (χ2n) is 10.9. The number of hydroxylamine groups is 2. The van der Waals surface area contributed by atoms with Crippen LogP contribution >= 0.6 is 0 Å². The molecule has 0 aromatic heterocycles. The van der Waals surface area contributed by atoms with Crippen molar-refractivity contribution in [1.82, 2.24) is 20.2 Å². The van der Waals surface area contributed by atoms with Gasteiger partial charge in [0.1, 0.15) is 5.82 Å². The number of benzene rings is 2. The number of hydrogen-bond acceptors (Lipinski definition) is 7. The zero-order valence-corrected chi connectivity index (χ0v) is 23.5. The van der Waals surface area contributed by atoms with Crippen molar-refractivity contribution in [1.29, 1.82) is 0 Å². The zero-order chi connectivity index (χ0) is 31.8. The van der Waals surface area contributed by atoms with Gasteiger partial charge in [-0.1, -0.05) is 0 Å². The minimum Gasteiger partial charge on any atom is -0.458 e. The van der Waals surface area contributed by atoms with Crippen molar-refractivity contribution in [2.45, 2.75) is 38.0 Å². The van der Waals surface area contributed by atoms with E-state index in [2.05, 4.69) is 10.3 Å². The lowest BCUT2D eigenvalue weighted by Gasteiger charge is -2.43. The summed E-state index contributed by atoms with van der Waals surface area (Å²) in [5.74, 6) is -1.27. The van der Waals surface area contributed by atoms with Gasteiger partial charge < -0.3 is 9.64 Å². The average Bonchev–Trinajstić information content (AvgIpc) is 2.97. The minimum atomic E-state index is -5.04. The van der Waals surface area contributed by atoms with Gasteiger partial charge >= 0.3 is 12.4 Å². The molecule has 44 heavy (non-hydrogen) atoms. The Morgan fingerprint density at radius 3 is 2.18 bits per heavy atom. The van der Waals surface area contributed by atoms with Crippen molar-refractivity contribution in [3.05, 3.63) is 76.6 Å². The van der Waals surface area contributed by atoms with Crippen LogP contribution in [0.4, 0.5) is 30.7 Å². The molecule has 238 valence electrons. The highest BCUT2D eigenvalue weighted by atomic mass is 19.4. The fourth-order valence-electron chi connectivity index (χ4n) is 5.63. The van der Waals surface area contributed by atoms with E-state index < -0.39 is 53.9 Å². The molecule has 0 radical (unpaired) electrons. The van der Waals surface area contributed by atoms with Crippen LogP contribution in [0.3, 0.4) is 0 Å². The summed E-state index contributed by atoms with van der Waals surface area (Å²) in [6.45, 7) is 3.40. The molecule has 0 aliphatic carbocycles. The lowest BCUT2D eigenvalue weighted by Crippen LogP contribution is -2.56. The Bertz CT molecular complexity index is 1390. The van der Waals surface area contributed by atoms with Crippen molar-refractivity contribution >= 4 is 17.5 Å². The Balaban J connectivity index is 1.58. The van der Waals surface area contributed by atoms with Gasteiger partial charge in [0.2, 0.25) is 5.91 Å². The van der Waals surface area contributed by atoms with Gasteiger partial charge in [0.25, 0.3) is 0 Å². The maximum absolute atomic E-state index is 13.9. The number of carbonyl (C=O) groups excluding carboxylic acids is 1. The summed E-state index contributed by atoms with van der Waals surface area (Å²) in [4.78, 5) is 19.9. The van der Waals surface area contributed by atoms with Crippen LogP contribution in [0.1, 0.15) is 29.2 Å². The molecule has 3 aliphatic rings. The Morgan fingerprint density at radius 2 is 1.61 bits per heavy atom. The summed E-state index contributed by atoms with van der Waals surface area (Å²) in [5.41, 5.74) is -2.80. The van der Waals surface area contributed by atoms with Crippen molar-refractivity contribution in [3.63, 3.8) is 0 Å². The van der Waals surface area contributed by atoms with Crippen molar-refractivity contribution in [2.75, 3.05) is 39.4 Å². The zero-order valence-electron chi connectivity index (χ0n) is 23.5. The van der Waals surface area contributed by atoms with E-state index in [-0.39, 0.29) is 42.3 Å². The van der Waals surface area contributed by atoms with Gasteiger partial charge in [-0.25, -0.2) is 9.38 Å². The van der Waals surface area contributed by atoms with Gasteiger partial charge in [-0.15, -0.1) is 0 Å². The number of amides is 1. The van der Waals surface area contributed by atoms with Gasteiger partial charge in [0.05, 0.1) is 35.5 Å². The average molecular weight is 630 g/mol. The largest absolute Gasteiger partial charge is 0.458 e. The Hall–Kier alpha value is -3.69. The summed E-state index contributed by atoms with van der Waals surface area (Å²) in [6.07, 6.45) is -9.80. The van der Waals surface area contributed by atoms with E-state index in [0.29, 0.717) is 43.9 Å². The number of ether oxygens (including phenoxy) is 1. The number of piperazine rings is 1. The molecule has 5 rings (SSSR count). The van der Waals surface area contributed by atoms with E-state index in [9.17, 15) is 40.7 Å². The molecule has 1 amide bonds. The normalized spacial score (nSPS) is 23.6. The molecular weight excluding hydrogens is 599 g/mol. The minimum absolute atomic E-state index is 0.0524. The van der Waals surface area contributed by atoms with E-state index in [1.165, 1.54) is 19.1 Å². The molecule has 2 N–H and O–H groups in total. The highest BCUT2D eigenvalue weighted by Gasteiger charge is 2.42. The molecule has 3 heterocycles. The fraction of sp³-hybridized carbons (Fsp3) is 0.448. The van der Waals surface area contributed by atoms with Crippen LogP contribution in [-0.4, -0.2) is 83.5 Å². The quantitative estimate of drug-likeness (QED) is 0.482. The molecule has 0 spiro atoms. The molecule has 2 aromatic rings. The van der Waals surface area contributed by atoms with Gasteiger partial charge in [0, 0.05) is 45.2 Å². The molecule has 1 saturated heterocycles. The summed E-state index contributed by atoms with van der Waals surface area (Å²) >= 11 is 0. The number of aliphatic imine (C=N–C) groups is 1. The first-order chi connectivity index (χ1) is 20.7. The standard InChI is InChI=1S/C29H30F7N5O3/c1-17(42)39-6-8-40(9-7-39)26-14-24(19-2-4-22(30)5-3-19)41(43)25(23-15-37-16-38-27(23)44-26)12-18-10-20(28(31,32)33)13-21(11-18)29(34,35)36/h2-5,10-11,13-14,23,25-26,37,43H,6-9,12,15-16H2,1H3. The van der Waals surface area contributed by atoms with E-state index in [0.717, 1.165) is 17.2 Å². The highest BCUT2D eigenvalue weighted by Crippen LogP contribution is 2.38. The number of rotatable bonds is 4. The van der Waals surface area contributed by atoms with E-state index in [1.807, 2.05) is 4.90 Å². The number of halogens is 7. The molecule has 1 fully saturated rings. The third-order valence-corrected chi connectivity index (χ3v) is 7.95. The van der Waals surface area contributed by atoms with Gasteiger partial charge in [-0.2, -0.15) is 26.3 Å². The molecule has 3 aliphatic heterocycles. The van der Waals surface area contributed by atoms with Crippen LogP contribution in [0.2, 0.25) is 0 Å². The van der Waals surface area contributed by atoms with Crippen LogP contribution in [0.25, 0.3) is 5.70 Å². The first-order valence-corrected chi connectivity index (χ1v) is 13.9. The van der Waals surface area contributed by atoms with Crippen LogP contribution in [-0.2, 0) is 28.3 Å². The Labute approximate surface area is 248 Å². The molecule has 0 saturated carbocycles. The first kappa shape index (κ1) is 31.7. The van der Waals surface area contributed by atoms with Gasteiger partial charge in [-0.05, 0) is 60.5 Å². The van der Waals surface area contributed by atoms with Crippen LogP contribution < -0.4 is 5.32 Å². The monoisotopic (exact) mass is 629 g/mol. The van der Waals surface area contributed by atoms with Crippen molar-refractivity contribution < 1.29 is 45.5 Å². The maximum atomic E-state index is 13.9. The van der Waals surface area contributed by atoms with E-state index in [4.69, 9.17) is 4.74 Å². The number of alkyl halides is 6. The molecule has 0 bridgehead atoms. The molecule has 8 nitrogen and oxygen atoms in total. The summed E-state index contributed by atoms with van der Waals surface area (Å²) in [5, 5.41) is 15.6. The third kappa shape index (κ3) is 7.00. The molecule has 3 atom stereocenters. The molecule has 3 unspecified atom stereocenters. The second kappa shape index (κ2) is 12.4. The maximum Gasteiger partial charge on any atom is 0.416 e. The van der Waals surface area contributed by atoms with Crippen molar-refractivity contribution in [2.24, 2.45) is 10.9 Å². The highest BCUT2D eigenvalue weighted by molar-refractivity contribution is 5.82. The summed E-state index contributed by atoms with van der Waals surface area (Å²) in [6, 6.07) is 5.30. The number of carbonyl (C=O) groups is 1. The van der Waals surface area contributed by atoms with Crippen LogP contribution in [0, 0.1) is 11.7 Å². The Kier molecular flexibility index (Phi) is 8.92. The molecule has 15 heteroatoms. The smallest absolute Gasteiger partial charge is 0.416 e. The van der Waals surface area contributed by atoms with E-state index >= 15 is 0 Å². The number of hydrogen-bond donors (Lipinski definition) is 2. The van der Waals surface area contributed by atoms with Crippen molar-refractivity contribution in [3.8, 4) is 0 Å². The molecular formula is C29H30F7N5O3. The van der Waals surface area contributed by atoms with E-state index in [1.54, 1.807) is 11.0 Å². The Morgan fingerprint density at radius 1 is 1.00 bits per heavy atom. The summed E-state index contributed by atoms with van der Waals surface area (Å²) < 4.78 is 102. The lowest BCUT2D eigenvalue weighted by atomic mass is 9.89. The first-order valence-electron chi connectivity index (χ1n) is 13.9. The van der Waals surface area contributed by atoms with Crippen LogP contribution in [0.15, 0.2) is 53.5 Å². The lowest BCUT2D eigenvalue weighted by molar-refractivity contribution is -0.143. The number of nitrogens with one attached hydrogen (secondary N) is 1. The summed E-state index contributed by atoms with van der Waals surface area (Å²) in [7, 11) is 0. The fourth-order valence-corrected chi connectivity index (χ4v) is 5.63. The second-order valence-corrected chi connectivity index (χ2v) is 10.9.